The molecule has 0 atom stereocenters. The number of nitrogens with two attached hydrogens (primary N) is 1. The maximum Gasteiger partial charge on any atom is 0.259 e. The molecule has 6 heteroatoms. The second-order valence-electron chi connectivity index (χ2n) is 4.21. The second-order valence-corrected chi connectivity index (χ2v) is 4.65. The summed E-state index contributed by atoms with van der Waals surface area (Å²) in [6, 6.07) is 6.78. The molecule has 0 aliphatic heterocycles. The first kappa shape index (κ1) is 14.0. The fourth-order valence-corrected chi connectivity index (χ4v) is 2.14. The van der Waals surface area contributed by atoms with Crippen molar-refractivity contribution in [2.45, 2.75) is 6.92 Å². The molecular formula is C14H13N3O2S. The minimum atomic E-state index is -0.451. The molecule has 20 heavy (non-hydrogen) atoms. The van der Waals surface area contributed by atoms with Gasteiger partial charge in [-0.15, -0.1) is 0 Å². The fraction of sp³-hybridized carbons (Fsp3) is 0.0714. The number of nitrogens with one attached hydrogen (secondary N) is 1. The summed E-state index contributed by atoms with van der Waals surface area (Å²) >= 11 is 5.00. The van der Waals surface area contributed by atoms with E-state index in [-0.39, 0.29) is 16.3 Å². The lowest BCUT2D eigenvalue weighted by atomic mass is 10.1. The summed E-state index contributed by atoms with van der Waals surface area (Å²) in [7, 11) is 0. The Bertz CT molecular complexity index is 686. The number of aromatic hydroxyl groups is 1. The molecular weight excluding hydrogens is 274 g/mol. The molecule has 0 aliphatic rings. The Kier molecular flexibility index (Phi) is 3.95. The second kappa shape index (κ2) is 5.66. The highest BCUT2D eigenvalue weighted by molar-refractivity contribution is 7.80. The normalized spacial score (nSPS) is 10.1. The molecule has 1 aromatic heterocycles. The van der Waals surface area contributed by atoms with Crippen LogP contribution in [0.1, 0.15) is 21.5 Å². The van der Waals surface area contributed by atoms with E-state index < -0.39 is 5.91 Å². The molecule has 0 radical (unpaired) electrons. The molecule has 0 saturated heterocycles. The van der Waals surface area contributed by atoms with Crippen LogP contribution in [-0.4, -0.2) is 21.0 Å². The zero-order valence-electron chi connectivity index (χ0n) is 10.8. The van der Waals surface area contributed by atoms with Gasteiger partial charge >= 0.3 is 0 Å². The van der Waals surface area contributed by atoms with Crippen molar-refractivity contribution in [1.82, 2.24) is 4.98 Å². The minimum absolute atomic E-state index is 0.135. The van der Waals surface area contributed by atoms with Gasteiger partial charge in [0.25, 0.3) is 5.91 Å². The summed E-state index contributed by atoms with van der Waals surface area (Å²) in [5.74, 6) is -0.637. The first-order valence-corrected chi connectivity index (χ1v) is 6.25. The van der Waals surface area contributed by atoms with Crippen LogP contribution in [0.25, 0.3) is 0 Å². The van der Waals surface area contributed by atoms with Crippen molar-refractivity contribution in [3.8, 4) is 5.75 Å². The Morgan fingerprint density at radius 2 is 2.15 bits per heavy atom. The third-order valence-corrected chi connectivity index (χ3v) is 3.02. The number of carbonyl (C=O) groups is 1. The van der Waals surface area contributed by atoms with E-state index in [0.717, 1.165) is 5.56 Å². The SMILES string of the molecule is Cc1cccc(NC(=O)c2ccncc2O)c1C(N)=S. The number of carbonyl (C=O) groups excluding carboxylic acids is 1. The van der Waals surface area contributed by atoms with Gasteiger partial charge in [-0.05, 0) is 24.6 Å². The predicted octanol–water partition coefficient (Wildman–Crippen LogP) is 1.98. The van der Waals surface area contributed by atoms with Crippen molar-refractivity contribution in [1.29, 1.82) is 0 Å². The number of hydrogen-bond acceptors (Lipinski definition) is 4. The summed E-state index contributed by atoms with van der Waals surface area (Å²) in [4.78, 5) is 16.1. The number of aryl methyl sites for hydroxylation is 1. The van der Waals surface area contributed by atoms with Crippen LogP contribution in [0.5, 0.6) is 5.75 Å². The summed E-state index contributed by atoms with van der Waals surface area (Å²) < 4.78 is 0. The summed E-state index contributed by atoms with van der Waals surface area (Å²) in [5, 5.41) is 12.3. The summed E-state index contributed by atoms with van der Waals surface area (Å²) in [6.07, 6.45) is 2.64. The molecule has 1 aromatic carbocycles. The lowest BCUT2D eigenvalue weighted by Crippen LogP contribution is -2.18. The van der Waals surface area contributed by atoms with Crippen molar-refractivity contribution < 1.29 is 9.90 Å². The first-order valence-electron chi connectivity index (χ1n) is 5.84. The van der Waals surface area contributed by atoms with Crippen molar-refractivity contribution >= 4 is 28.8 Å². The fourth-order valence-electron chi connectivity index (χ4n) is 1.87. The smallest absolute Gasteiger partial charge is 0.259 e. The van der Waals surface area contributed by atoms with Gasteiger partial charge in [0, 0.05) is 11.8 Å². The number of pyridine rings is 1. The number of anilines is 1. The number of rotatable bonds is 3. The maximum atomic E-state index is 12.1. The number of aromatic nitrogens is 1. The van der Waals surface area contributed by atoms with Gasteiger partial charge in [0.05, 0.1) is 17.4 Å². The van der Waals surface area contributed by atoms with E-state index in [2.05, 4.69) is 10.3 Å². The zero-order valence-corrected chi connectivity index (χ0v) is 11.6. The Morgan fingerprint density at radius 3 is 2.80 bits per heavy atom. The quantitative estimate of drug-likeness (QED) is 0.751. The summed E-state index contributed by atoms with van der Waals surface area (Å²) in [6.45, 7) is 1.86. The molecule has 5 nitrogen and oxygen atoms in total. The van der Waals surface area contributed by atoms with E-state index in [0.29, 0.717) is 11.3 Å². The van der Waals surface area contributed by atoms with Crippen LogP contribution < -0.4 is 11.1 Å². The number of hydrogen-bond donors (Lipinski definition) is 3. The number of thiocarbonyl (C=S) groups is 1. The minimum Gasteiger partial charge on any atom is -0.505 e. The molecule has 0 bridgehead atoms. The van der Waals surface area contributed by atoms with Gasteiger partial charge in [0.2, 0.25) is 0 Å². The van der Waals surface area contributed by atoms with Gasteiger partial charge in [0.1, 0.15) is 10.7 Å². The zero-order chi connectivity index (χ0) is 14.7. The topological polar surface area (TPSA) is 88.2 Å². The molecule has 0 unspecified atom stereocenters. The van der Waals surface area contributed by atoms with Crippen LogP contribution in [0.2, 0.25) is 0 Å². The van der Waals surface area contributed by atoms with Crippen LogP contribution in [0.15, 0.2) is 36.7 Å². The van der Waals surface area contributed by atoms with Crippen LogP contribution >= 0.6 is 12.2 Å². The highest BCUT2D eigenvalue weighted by Crippen LogP contribution is 2.22. The molecule has 0 saturated carbocycles. The van der Waals surface area contributed by atoms with E-state index in [9.17, 15) is 9.90 Å². The molecule has 102 valence electrons. The Labute approximate surface area is 121 Å². The standard InChI is InChI=1S/C14H13N3O2S/c1-8-3-2-4-10(12(8)13(15)20)17-14(19)9-5-6-16-7-11(9)18/h2-7,18H,1H3,(H2,15,20)(H,17,19). The molecule has 1 heterocycles. The molecule has 1 amide bonds. The first-order chi connectivity index (χ1) is 9.50. The van der Waals surface area contributed by atoms with Gasteiger partial charge in [-0.25, -0.2) is 0 Å². The molecule has 2 aromatic rings. The molecule has 0 fully saturated rings. The van der Waals surface area contributed by atoms with E-state index >= 15 is 0 Å². The summed E-state index contributed by atoms with van der Waals surface area (Å²) in [5.41, 5.74) is 7.81. The Morgan fingerprint density at radius 1 is 1.40 bits per heavy atom. The molecule has 0 spiro atoms. The molecule has 0 aliphatic carbocycles. The van der Waals surface area contributed by atoms with Crippen LogP contribution in [0.4, 0.5) is 5.69 Å². The average molecular weight is 287 g/mol. The van der Waals surface area contributed by atoms with Crippen molar-refractivity contribution in [2.24, 2.45) is 5.73 Å². The lowest BCUT2D eigenvalue weighted by Gasteiger charge is -2.12. The predicted molar refractivity (Wildman–Crippen MR) is 80.9 cm³/mol. The van der Waals surface area contributed by atoms with Crippen molar-refractivity contribution in [3.05, 3.63) is 53.3 Å². The van der Waals surface area contributed by atoms with Gasteiger partial charge in [-0.2, -0.15) is 0 Å². The van der Waals surface area contributed by atoms with Gasteiger partial charge < -0.3 is 16.2 Å². The van der Waals surface area contributed by atoms with E-state index in [1.54, 1.807) is 12.1 Å². The molecule has 2 rings (SSSR count). The van der Waals surface area contributed by atoms with Gasteiger partial charge in [-0.3, -0.25) is 9.78 Å². The monoisotopic (exact) mass is 287 g/mol. The maximum absolute atomic E-state index is 12.1. The highest BCUT2D eigenvalue weighted by Gasteiger charge is 2.14. The Hall–Kier alpha value is -2.47. The van der Waals surface area contributed by atoms with Gasteiger partial charge in [0.15, 0.2) is 0 Å². The number of nitrogens with zero attached hydrogens (tertiary/aromatic N) is 1. The third kappa shape index (κ3) is 2.75. The van der Waals surface area contributed by atoms with Gasteiger partial charge in [-0.1, -0.05) is 24.4 Å². The van der Waals surface area contributed by atoms with Crippen LogP contribution in [0.3, 0.4) is 0 Å². The third-order valence-electron chi connectivity index (χ3n) is 2.81. The lowest BCUT2D eigenvalue weighted by molar-refractivity contribution is 0.102. The highest BCUT2D eigenvalue weighted by atomic mass is 32.1. The van der Waals surface area contributed by atoms with Crippen LogP contribution in [-0.2, 0) is 0 Å². The number of amides is 1. The number of benzene rings is 1. The average Bonchev–Trinajstić information content (AvgIpc) is 2.38. The van der Waals surface area contributed by atoms with Crippen molar-refractivity contribution in [2.75, 3.05) is 5.32 Å². The largest absolute Gasteiger partial charge is 0.505 e. The van der Waals surface area contributed by atoms with E-state index in [4.69, 9.17) is 18.0 Å². The van der Waals surface area contributed by atoms with E-state index in [1.807, 2.05) is 13.0 Å². The van der Waals surface area contributed by atoms with Crippen molar-refractivity contribution in [3.63, 3.8) is 0 Å². The molecule has 4 N–H and O–H groups in total. The van der Waals surface area contributed by atoms with E-state index in [1.165, 1.54) is 18.5 Å². The Balaban J connectivity index is 2.36. The van der Waals surface area contributed by atoms with Crippen LogP contribution in [0, 0.1) is 6.92 Å².